The molecule has 0 saturated carbocycles. The van der Waals surface area contributed by atoms with E-state index in [9.17, 15) is 10.1 Å². The Morgan fingerprint density at radius 1 is 1.55 bits per heavy atom. The number of nitriles is 1. The van der Waals surface area contributed by atoms with Crippen molar-refractivity contribution in [3.63, 3.8) is 0 Å². The van der Waals surface area contributed by atoms with Crippen molar-refractivity contribution in [2.24, 2.45) is 0 Å². The van der Waals surface area contributed by atoms with Gasteiger partial charge >= 0.3 is 5.69 Å². The van der Waals surface area contributed by atoms with Gasteiger partial charge in [0.15, 0.2) is 5.75 Å². The Hall–Kier alpha value is -2.29. The monoisotopic (exact) mass is 277 g/mol. The molecule has 1 unspecified atom stereocenters. The highest BCUT2D eigenvalue weighted by Crippen LogP contribution is 2.37. The lowest BCUT2D eigenvalue weighted by Crippen LogP contribution is -2.29. The van der Waals surface area contributed by atoms with E-state index in [1.54, 1.807) is 30.1 Å². The van der Waals surface area contributed by atoms with E-state index in [0.717, 1.165) is 6.42 Å². The van der Waals surface area contributed by atoms with E-state index < -0.39 is 4.92 Å². The van der Waals surface area contributed by atoms with Gasteiger partial charge in [-0.05, 0) is 25.5 Å². The van der Waals surface area contributed by atoms with Crippen LogP contribution in [0.25, 0.3) is 0 Å². The number of nitro benzene ring substituents is 1. The van der Waals surface area contributed by atoms with Gasteiger partial charge in [0, 0.05) is 13.1 Å². The Kier molecular flexibility index (Phi) is 5.78. The quantitative estimate of drug-likeness (QED) is 0.565. The van der Waals surface area contributed by atoms with Crippen LogP contribution in [0.2, 0.25) is 0 Å². The molecule has 20 heavy (non-hydrogen) atoms. The molecule has 0 spiro atoms. The number of ether oxygens (including phenoxy) is 1. The van der Waals surface area contributed by atoms with Crippen molar-refractivity contribution in [1.29, 1.82) is 5.26 Å². The fourth-order valence-electron chi connectivity index (χ4n) is 1.81. The van der Waals surface area contributed by atoms with E-state index in [1.807, 2.05) is 13.8 Å². The smallest absolute Gasteiger partial charge is 0.333 e. The molecule has 1 rings (SSSR count). The van der Waals surface area contributed by atoms with Crippen LogP contribution < -0.4 is 9.64 Å². The van der Waals surface area contributed by atoms with E-state index >= 15 is 0 Å². The minimum absolute atomic E-state index is 0.0479. The molecule has 108 valence electrons. The summed E-state index contributed by atoms with van der Waals surface area (Å²) in [6, 6.07) is 6.96. The molecule has 0 N–H and O–H groups in total. The molecule has 0 bridgehead atoms. The summed E-state index contributed by atoms with van der Waals surface area (Å²) < 4.78 is 5.44. The average molecular weight is 277 g/mol. The van der Waals surface area contributed by atoms with Crippen LogP contribution in [0, 0.1) is 21.4 Å². The Bertz CT molecular complexity index is 511. The maximum absolute atomic E-state index is 11.3. The summed E-state index contributed by atoms with van der Waals surface area (Å²) in [6.07, 6.45) is 1.08. The summed E-state index contributed by atoms with van der Waals surface area (Å²) in [5.41, 5.74) is 0.416. The van der Waals surface area contributed by atoms with Crippen LogP contribution >= 0.6 is 0 Å². The van der Waals surface area contributed by atoms with Crippen LogP contribution in [0.4, 0.5) is 11.4 Å². The SMILES string of the molecule is CCCOc1cccc(N(C)C(C)CC#N)c1[N+](=O)[O-]. The molecule has 0 aliphatic carbocycles. The number of nitrogens with zero attached hydrogens (tertiary/aromatic N) is 3. The number of rotatable bonds is 7. The van der Waals surface area contributed by atoms with Crippen LogP contribution in [0.3, 0.4) is 0 Å². The number of benzene rings is 1. The summed E-state index contributed by atoms with van der Waals surface area (Å²) in [5, 5.41) is 20.1. The minimum atomic E-state index is -0.435. The average Bonchev–Trinajstić information content (AvgIpc) is 2.43. The third-order valence-electron chi connectivity index (χ3n) is 3.05. The zero-order valence-corrected chi connectivity index (χ0v) is 12.0. The summed E-state index contributed by atoms with van der Waals surface area (Å²) in [5.74, 6) is 0.269. The lowest BCUT2D eigenvalue weighted by Gasteiger charge is -2.25. The summed E-state index contributed by atoms with van der Waals surface area (Å²) in [4.78, 5) is 12.6. The molecule has 1 atom stereocenters. The third kappa shape index (κ3) is 3.60. The Morgan fingerprint density at radius 2 is 2.25 bits per heavy atom. The van der Waals surface area contributed by atoms with Gasteiger partial charge in [-0.2, -0.15) is 5.26 Å². The lowest BCUT2D eigenvalue weighted by molar-refractivity contribution is -0.385. The number of nitro groups is 1. The van der Waals surface area contributed by atoms with Gasteiger partial charge in [0.05, 0.1) is 24.0 Å². The minimum Gasteiger partial charge on any atom is -0.487 e. The Labute approximate surface area is 118 Å². The molecular formula is C14H19N3O3. The normalized spacial score (nSPS) is 11.5. The van der Waals surface area contributed by atoms with E-state index in [2.05, 4.69) is 6.07 Å². The largest absolute Gasteiger partial charge is 0.487 e. The first kappa shape index (κ1) is 15.8. The molecule has 6 heteroatoms. The summed E-state index contributed by atoms with van der Waals surface area (Å²) in [7, 11) is 1.74. The topological polar surface area (TPSA) is 79.4 Å². The molecule has 1 aromatic rings. The van der Waals surface area contributed by atoms with E-state index in [4.69, 9.17) is 10.00 Å². The molecule has 0 saturated heterocycles. The van der Waals surface area contributed by atoms with Crippen molar-refractivity contribution >= 4 is 11.4 Å². The molecule has 0 aliphatic heterocycles. The van der Waals surface area contributed by atoms with Crippen molar-refractivity contribution in [1.82, 2.24) is 0 Å². The number of hydrogen-bond acceptors (Lipinski definition) is 5. The molecule has 0 aromatic heterocycles. The molecule has 0 radical (unpaired) electrons. The number of anilines is 1. The highest BCUT2D eigenvalue weighted by atomic mass is 16.6. The van der Waals surface area contributed by atoms with E-state index in [-0.39, 0.29) is 17.5 Å². The standard InChI is InChI=1S/C14H19N3O3/c1-4-10-20-13-7-5-6-12(14(13)17(18)19)16(3)11(2)8-9-15/h5-7,11H,4,8,10H2,1-3H3. The van der Waals surface area contributed by atoms with Crippen molar-refractivity contribution < 1.29 is 9.66 Å². The van der Waals surface area contributed by atoms with Crippen molar-refractivity contribution in [3.8, 4) is 11.8 Å². The third-order valence-corrected chi connectivity index (χ3v) is 3.05. The molecular weight excluding hydrogens is 258 g/mol. The number of hydrogen-bond donors (Lipinski definition) is 0. The molecule has 0 heterocycles. The fraction of sp³-hybridized carbons (Fsp3) is 0.500. The fourth-order valence-corrected chi connectivity index (χ4v) is 1.81. The summed E-state index contributed by atoms with van der Waals surface area (Å²) >= 11 is 0. The van der Waals surface area contributed by atoms with Crippen molar-refractivity contribution in [2.45, 2.75) is 32.7 Å². The van der Waals surface area contributed by atoms with Crippen LogP contribution in [0.5, 0.6) is 5.75 Å². The van der Waals surface area contributed by atoms with Gasteiger partial charge in [-0.1, -0.05) is 13.0 Å². The zero-order chi connectivity index (χ0) is 15.1. The van der Waals surface area contributed by atoms with Gasteiger partial charge in [-0.25, -0.2) is 0 Å². The van der Waals surface area contributed by atoms with Gasteiger partial charge < -0.3 is 9.64 Å². The highest BCUT2D eigenvalue weighted by Gasteiger charge is 2.25. The Balaban J connectivity index is 3.18. The first-order chi connectivity index (χ1) is 9.52. The highest BCUT2D eigenvalue weighted by molar-refractivity contribution is 5.69. The molecule has 0 fully saturated rings. The van der Waals surface area contributed by atoms with E-state index in [1.165, 1.54) is 0 Å². The van der Waals surface area contributed by atoms with Gasteiger partial charge in [-0.3, -0.25) is 10.1 Å². The Morgan fingerprint density at radius 3 is 2.80 bits per heavy atom. The van der Waals surface area contributed by atoms with Crippen molar-refractivity contribution in [3.05, 3.63) is 28.3 Å². The van der Waals surface area contributed by atoms with Gasteiger partial charge in [0.2, 0.25) is 0 Å². The van der Waals surface area contributed by atoms with Gasteiger partial charge in [-0.15, -0.1) is 0 Å². The second-order valence-electron chi connectivity index (χ2n) is 4.55. The number of para-hydroxylation sites is 1. The lowest BCUT2D eigenvalue weighted by atomic mass is 10.1. The van der Waals surface area contributed by atoms with E-state index in [0.29, 0.717) is 18.7 Å². The van der Waals surface area contributed by atoms with Crippen LogP contribution in [0.1, 0.15) is 26.7 Å². The van der Waals surface area contributed by atoms with Gasteiger partial charge in [0.1, 0.15) is 5.69 Å². The van der Waals surface area contributed by atoms with Crippen LogP contribution in [0.15, 0.2) is 18.2 Å². The predicted octanol–water partition coefficient (Wildman–Crippen LogP) is 3.12. The molecule has 0 aliphatic rings. The predicted molar refractivity (Wildman–Crippen MR) is 77.0 cm³/mol. The molecule has 1 aromatic carbocycles. The van der Waals surface area contributed by atoms with Crippen LogP contribution in [-0.2, 0) is 0 Å². The second-order valence-corrected chi connectivity index (χ2v) is 4.55. The first-order valence-electron chi connectivity index (χ1n) is 6.52. The maximum Gasteiger partial charge on any atom is 0.333 e. The van der Waals surface area contributed by atoms with Crippen molar-refractivity contribution in [2.75, 3.05) is 18.6 Å². The summed E-state index contributed by atoms with van der Waals surface area (Å²) in [6.45, 7) is 4.23. The van der Waals surface area contributed by atoms with Crippen LogP contribution in [-0.4, -0.2) is 24.6 Å². The maximum atomic E-state index is 11.3. The first-order valence-corrected chi connectivity index (χ1v) is 6.52. The zero-order valence-electron chi connectivity index (χ0n) is 12.0. The molecule has 6 nitrogen and oxygen atoms in total. The molecule has 0 amide bonds. The van der Waals surface area contributed by atoms with Gasteiger partial charge in [0.25, 0.3) is 0 Å². The second kappa shape index (κ2) is 7.34.